The molecule has 6 aromatic carbocycles. The molecule has 0 bridgehead atoms. The molecular formula is C101H114F12N6O16S3. The molecule has 0 unspecified atom stereocenters. The van der Waals surface area contributed by atoms with Gasteiger partial charge in [-0.3, -0.25) is 48.5 Å². The van der Waals surface area contributed by atoms with Gasteiger partial charge in [-0.1, -0.05) is 119 Å². The van der Waals surface area contributed by atoms with Crippen LogP contribution in [0.3, 0.4) is 0 Å². The molecule has 8 heterocycles. The van der Waals surface area contributed by atoms with Crippen LogP contribution >= 0.6 is 13.5 Å². The first-order chi connectivity index (χ1) is 63.1. The number of sulfone groups is 2. The Balaban J connectivity index is 0.000000221. The van der Waals surface area contributed by atoms with Crippen LogP contribution < -0.4 is 29.1 Å². The molecule has 2 fully saturated rings. The molecule has 2 aromatic heterocycles. The zero-order valence-electron chi connectivity index (χ0n) is 79.2. The summed E-state index contributed by atoms with van der Waals surface area (Å²) in [7, 11) is -6.24. The third-order valence-corrected chi connectivity index (χ3v) is 28.7. The van der Waals surface area contributed by atoms with Gasteiger partial charge in [0.15, 0.2) is 33.0 Å². The topological polar surface area (TPSA) is 302 Å². The van der Waals surface area contributed by atoms with Gasteiger partial charge >= 0.3 is 37.6 Å². The number of pyridine rings is 2. The van der Waals surface area contributed by atoms with Crippen LogP contribution in [0.25, 0.3) is 0 Å². The number of hydrogen-bond donors (Lipinski definition) is 2. The van der Waals surface area contributed by atoms with Crippen molar-refractivity contribution in [2.45, 2.75) is 228 Å². The van der Waals surface area contributed by atoms with Crippen LogP contribution in [0.1, 0.15) is 232 Å². The highest BCUT2D eigenvalue weighted by molar-refractivity contribution is 7.91. The molecule has 0 spiro atoms. The highest BCUT2D eigenvalue weighted by Gasteiger charge is 2.51. The molecule has 746 valence electrons. The molecule has 8 aromatic rings. The van der Waals surface area contributed by atoms with Crippen molar-refractivity contribution in [1.29, 1.82) is 0 Å². The molecule has 2 saturated heterocycles. The van der Waals surface area contributed by atoms with Crippen molar-refractivity contribution in [3.63, 3.8) is 0 Å². The summed E-state index contributed by atoms with van der Waals surface area (Å²) in [6, 6.07) is 43.3. The number of para-hydroxylation sites is 2. The maximum atomic E-state index is 13.4. The number of anilines is 8. The number of amides is 2. The molecule has 2 amide bonds. The van der Waals surface area contributed by atoms with Crippen molar-refractivity contribution < 1.29 is 128 Å². The van der Waals surface area contributed by atoms with Crippen LogP contribution in [-0.4, -0.2) is 145 Å². The van der Waals surface area contributed by atoms with E-state index in [0.29, 0.717) is 84.3 Å². The highest BCUT2D eigenvalue weighted by Crippen LogP contribution is 2.55. The fraction of sp³-hybridized carbons (Fsp3) is 0.426. The number of carbonyl (C=O) groups is 8. The smallest absolute Gasteiger partial charge is 0.427 e. The second-order valence-electron chi connectivity index (χ2n) is 39.5. The minimum atomic E-state index is -4.74. The third-order valence-electron chi connectivity index (χ3n) is 25.1. The Hall–Kier alpha value is -11.4. The number of benzene rings is 6. The molecule has 6 aliphatic rings. The van der Waals surface area contributed by atoms with Crippen molar-refractivity contribution >= 4 is 126 Å². The van der Waals surface area contributed by atoms with E-state index >= 15 is 0 Å². The predicted octanol–water partition coefficient (Wildman–Crippen LogP) is 23.9. The van der Waals surface area contributed by atoms with E-state index in [9.17, 15) is 109 Å². The lowest BCUT2D eigenvalue weighted by molar-refractivity contribution is -0.253. The quantitative estimate of drug-likeness (QED) is 0.0289. The second-order valence-corrected chi connectivity index (χ2v) is 44.0. The van der Waals surface area contributed by atoms with Gasteiger partial charge < -0.3 is 29.5 Å². The molecule has 6 aliphatic heterocycles. The maximum absolute atomic E-state index is 13.4. The summed E-state index contributed by atoms with van der Waals surface area (Å²) in [5.74, 6) is -1.71. The first-order valence-corrected chi connectivity index (χ1v) is 47.3. The first kappa shape index (κ1) is 112. The number of fused-ring (bicyclic) bond motifs is 4. The van der Waals surface area contributed by atoms with Crippen LogP contribution in [-0.2, 0) is 50.9 Å². The number of ether oxygens (including phenoxy) is 2. The lowest BCUT2D eigenvalue weighted by Crippen LogP contribution is -2.34. The van der Waals surface area contributed by atoms with Gasteiger partial charge in [0.25, 0.3) is 0 Å². The zero-order valence-corrected chi connectivity index (χ0v) is 81.9. The lowest BCUT2D eigenvalue weighted by Gasteiger charge is -2.32. The van der Waals surface area contributed by atoms with Crippen molar-refractivity contribution in [1.82, 2.24) is 9.97 Å². The second kappa shape index (κ2) is 42.7. The normalized spacial score (nSPS) is 18.5. The van der Waals surface area contributed by atoms with E-state index in [1.807, 2.05) is 147 Å². The summed E-state index contributed by atoms with van der Waals surface area (Å²) >= 11 is 0. The number of alkyl halides is 8. The van der Waals surface area contributed by atoms with Gasteiger partial charge in [0.05, 0.1) is 99.3 Å². The standard InChI is InChI=1S/C26H28F4N2O4S.C25H31NO2.C24H24F4N2O5S.C24H29NO3.2CF2O.H2S/c1-16-24(2,3)20-11-17(22(33)13-25(4)7-9-37(34,35)10-8-25)5-6-21(20)32(16)18-12-19(15-31-14-18)36-26(29,30)23(27)28;1-17(27)15-24(3,4)16-23(28)19-12-13-22-21(14-19)25(5,6)18(2)26(22)20-10-8-7-9-11-20;1-22(2)17-8-14(19(31)10-23(3)6-7-36(33,34)13-23)4-5-18(17)30(21(22)32)15-9-16(12-29-11-15)35-24(27,28)20(25)26;1-16(26)14-23(2,3)15-21(27)17-11-12-20-19(13-17)24(4,5)22(28)25(20)18-9-7-6-8-10-18;2*2-1(3)4;/h5-6,11-12,14-15,23H,1,7-10,13H2,2-4H3;7-14,17,27H,2,15-16H2,1,3-6H3;4-5,8-9,11-12,20H,6-7,10,13H2,1-3H3;6-13,16,26H,14-15H2,1-5H3;;;1H2/t;17-;23-;16-;;;/m.110.../s1. The molecule has 37 heteroatoms. The summed E-state index contributed by atoms with van der Waals surface area (Å²) in [4.78, 5) is 109. The SMILES string of the molecule is C=C1N(c2ccccc2)c2ccc(C(=O)CC(C)(C)C[C@@H](C)O)cc2C1(C)C.C=C1N(c2cncc(OC(F)(F)C(F)F)c2)c2ccc(C(=O)CC3(C)CCS(=O)(=O)CC3)cc2C1(C)C.CC1(C)C(=O)N(c2cncc(OC(F)(F)C(F)F)c2)c2ccc(C(=O)C[C@@]3(C)CCS(=O)(=O)C3)cc21.C[C@H](O)CC(C)(C)CC(=O)c1ccc2c(c1)C(C)(C)C(=O)N2c1ccccc1.O=C(F)F.O=C(F)F.S. The van der Waals surface area contributed by atoms with Crippen molar-refractivity contribution in [3.8, 4) is 11.5 Å². The Morgan fingerprint density at radius 1 is 0.420 bits per heavy atom. The van der Waals surface area contributed by atoms with E-state index in [4.69, 9.17) is 9.59 Å². The van der Waals surface area contributed by atoms with E-state index < -0.39 is 114 Å². The van der Waals surface area contributed by atoms with Crippen molar-refractivity contribution in [2.24, 2.45) is 21.7 Å². The molecular weight excluding hydrogens is 1880 g/mol. The van der Waals surface area contributed by atoms with E-state index in [0.717, 1.165) is 69.2 Å². The van der Waals surface area contributed by atoms with Crippen LogP contribution in [0.4, 0.5) is 108 Å². The molecule has 2 N–H and O–H groups in total. The monoisotopic (exact) mass is 1990 g/mol. The molecule has 14 rings (SSSR count). The molecule has 22 nitrogen and oxygen atoms in total. The van der Waals surface area contributed by atoms with Crippen LogP contribution in [0.15, 0.2) is 195 Å². The predicted molar refractivity (Wildman–Crippen MR) is 508 cm³/mol. The van der Waals surface area contributed by atoms with Gasteiger partial charge in [-0.15, -0.1) is 17.6 Å². The first-order valence-electron chi connectivity index (χ1n) is 43.7. The Labute approximate surface area is 802 Å². The number of hydrogen-bond acceptors (Lipinski definition) is 20. The number of aliphatic hydroxyl groups excluding tert-OH is 2. The zero-order chi connectivity index (χ0) is 103. The van der Waals surface area contributed by atoms with Gasteiger partial charge in [0.2, 0.25) is 11.8 Å². The molecule has 138 heavy (non-hydrogen) atoms. The number of nitrogens with zero attached hydrogens (tertiary/aromatic N) is 6. The van der Waals surface area contributed by atoms with E-state index in [-0.39, 0.29) is 106 Å². The maximum Gasteiger partial charge on any atom is 0.483 e. The van der Waals surface area contributed by atoms with E-state index in [1.165, 1.54) is 35.5 Å². The summed E-state index contributed by atoms with van der Waals surface area (Å²) in [6.07, 6.45) is -16.2. The lowest BCUT2D eigenvalue weighted by atomic mass is 9.77. The Bertz CT molecular complexity index is 5990. The minimum Gasteiger partial charge on any atom is -0.427 e. The summed E-state index contributed by atoms with van der Waals surface area (Å²) in [5, 5.41) is 19.4. The Kier molecular flexibility index (Phi) is 34.6. The van der Waals surface area contributed by atoms with Gasteiger partial charge in [-0.05, 0) is 215 Å². The average molecular weight is 1990 g/mol. The van der Waals surface area contributed by atoms with Crippen molar-refractivity contribution in [3.05, 3.63) is 239 Å². The number of aliphatic hydroxyl groups is 2. The molecule has 0 aliphatic carbocycles. The van der Waals surface area contributed by atoms with E-state index in [2.05, 4.69) is 63.5 Å². The number of aromatic nitrogens is 2. The van der Waals surface area contributed by atoms with Crippen molar-refractivity contribution in [2.75, 3.05) is 42.6 Å². The van der Waals surface area contributed by atoms with Gasteiger partial charge in [0.1, 0.15) is 21.3 Å². The summed E-state index contributed by atoms with van der Waals surface area (Å²) in [5.41, 5.74) is 7.81. The number of allylic oxidation sites excluding steroid dienone is 2. The van der Waals surface area contributed by atoms with E-state index in [1.54, 1.807) is 68.7 Å². The Morgan fingerprint density at radius 3 is 1.03 bits per heavy atom. The van der Waals surface area contributed by atoms with Crippen LogP contribution in [0, 0.1) is 21.7 Å². The van der Waals surface area contributed by atoms with Crippen LogP contribution in [0.2, 0.25) is 0 Å². The number of ketones is 4. The largest absolute Gasteiger partial charge is 0.483 e. The number of halogens is 12. The molecule has 3 atom stereocenters. The van der Waals surface area contributed by atoms with Gasteiger partial charge in [0, 0.05) is 99.4 Å². The van der Waals surface area contributed by atoms with Gasteiger partial charge in [-0.25, -0.2) is 26.4 Å². The summed E-state index contributed by atoms with van der Waals surface area (Å²) in [6.45, 7) is 39.0. The molecule has 0 radical (unpaired) electrons. The Morgan fingerprint density at radius 2 is 0.703 bits per heavy atom. The number of rotatable bonds is 26. The third kappa shape index (κ3) is 26.6. The number of Topliss-reactive ketones (excluding diaryl/α,β-unsaturated/α-hetero) is 4. The molecule has 0 saturated carbocycles. The fourth-order valence-electron chi connectivity index (χ4n) is 17.8. The minimum absolute atomic E-state index is 0. The van der Waals surface area contributed by atoms with Crippen LogP contribution in [0.5, 0.6) is 11.5 Å². The highest BCUT2D eigenvalue weighted by atomic mass is 32.2. The number of carbonyl (C=O) groups excluding carboxylic acids is 8. The summed E-state index contributed by atoms with van der Waals surface area (Å²) < 4.78 is 198. The fourth-order valence-corrected chi connectivity index (χ4v) is 21.9. The average Bonchev–Trinajstić information content (AvgIpc) is 1.59. The van der Waals surface area contributed by atoms with Gasteiger partial charge in [-0.2, -0.15) is 48.6 Å².